The predicted molar refractivity (Wildman–Crippen MR) is 77.4 cm³/mol. The maximum Gasteiger partial charge on any atom is 0.208 e. The Bertz CT molecular complexity index is 655. The van der Waals surface area contributed by atoms with Crippen molar-refractivity contribution in [3.8, 4) is 6.07 Å². The molecule has 114 valence electrons. The summed E-state index contributed by atoms with van der Waals surface area (Å²) in [7, 11) is -3.22. The van der Waals surface area contributed by atoms with Crippen LogP contribution in [0.3, 0.4) is 0 Å². The van der Waals surface area contributed by atoms with Gasteiger partial charge in [-0.15, -0.1) is 0 Å². The van der Waals surface area contributed by atoms with Gasteiger partial charge in [0, 0.05) is 24.7 Å². The fourth-order valence-electron chi connectivity index (χ4n) is 2.58. The quantitative estimate of drug-likeness (QED) is 0.907. The van der Waals surface area contributed by atoms with Crippen LogP contribution in [0, 0.1) is 17.1 Å². The van der Waals surface area contributed by atoms with E-state index in [0.717, 1.165) is 25.6 Å². The first-order valence-corrected chi connectivity index (χ1v) is 8.65. The largest absolute Gasteiger partial charge is 0.297 e. The fourth-order valence-corrected chi connectivity index (χ4v) is 3.38. The van der Waals surface area contributed by atoms with Crippen molar-refractivity contribution < 1.29 is 12.8 Å². The van der Waals surface area contributed by atoms with Gasteiger partial charge in [-0.05, 0) is 31.5 Å². The molecule has 1 aliphatic heterocycles. The lowest BCUT2D eigenvalue weighted by atomic mass is 10.0. The second-order valence-corrected chi connectivity index (χ2v) is 7.16. The third-order valence-electron chi connectivity index (χ3n) is 3.46. The minimum absolute atomic E-state index is 0.129. The molecule has 21 heavy (non-hydrogen) atoms. The molecule has 1 N–H and O–H groups in total. The van der Waals surface area contributed by atoms with Gasteiger partial charge in [-0.1, -0.05) is 6.07 Å². The molecule has 0 amide bonds. The number of rotatable bonds is 4. The van der Waals surface area contributed by atoms with Crippen molar-refractivity contribution >= 4 is 10.0 Å². The zero-order valence-corrected chi connectivity index (χ0v) is 12.7. The topological polar surface area (TPSA) is 73.2 Å². The van der Waals surface area contributed by atoms with Crippen molar-refractivity contribution in [1.29, 1.82) is 5.26 Å². The lowest BCUT2D eigenvalue weighted by Crippen LogP contribution is -2.47. The molecule has 5 nitrogen and oxygen atoms in total. The number of hydrogen-bond donors (Lipinski definition) is 1. The van der Waals surface area contributed by atoms with Crippen LogP contribution in [0.2, 0.25) is 0 Å². The molecule has 0 spiro atoms. The molecule has 2 rings (SSSR count). The van der Waals surface area contributed by atoms with Crippen LogP contribution in [-0.2, 0) is 16.6 Å². The summed E-state index contributed by atoms with van der Waals surface area (Å²) in [5.41, 5.74) is 0.820. The molecule has 0 bridgehead atoms. The number of nitrogens with zero attached hydrogens (tertiary/aromatic N) is 2. The van der Waals surface area contributed by atoms with E-state index >= 15 is 0 Å². The average molecular weight is 311 g/mol. The van der Waals surface area contributed by atoms with Crippen LogP contribution in [0.4, 0.5) is 4.39 Å². The normalized spacial score (nSPS) is 20.1. The Morgan fingerprint density at radius 3 is 2.90 bits per heavy atom. The third kappa shape index (κ3) is 4.77. The first-order valence-electron chi connectivity index (χ1n) is 6.75. The Morgan fingerprint density at radius 2 is 2.29 bits per heavy atom. The zero-order valence-electron chi connectivity index (χ0n) is 11.8. The molecule has 1 saturated heterocycles. The summed E-state index contributed by atoms with van der Waals surface area (Å²) in [5, 5.41) is 8.72. The maximum atomic E-state index is 13.9. The van der Waals surface area contributed by atoms with Gasteiger partial charge in [0.1, 0.15) is 5.82 Å². The van der Waals surface area contributed by atoms with Crippen LogP contribution < -0.4 is 4.72 Å². The number of hydrogen-bond acceptors (Lipinski definition) is 4. The lowest BCUT2D eigenvalue weighted by molar-refractivity contribution is 0.192. The monoisotopic (exact) mass is 311 g/mol. The molecule has 1 aromatic carbocycles. The number of benzene rings is 1. The molecule has 1 unspecified atom stereocenters. The highest BCUT2D eigenvalue weighted by Gasteiger charge is 2.23. The molecule has 1 fully saturated rings. The first kappa shape index (κ1) is 15.9. The lowest BCUT2D eigenvalue weighted by Gasteiger charge is -2.32. The molecular formula is C14H18FN3O2S. The summed E-state index contributed by atoms with van der Waals surface area (Å²) in [5.74, 6) is -0.396. The minimum Gasteiger partial charge on any atom is -0.297 e. The Balaban J connectivity index is 2.01. The van der Waals surface area contributed by atoms with E-state index in [4.69, 9.17) is 5.26 Å². The van der Waals surface area contributed by atoms with Gasteiger partial charge in [0.25, 0.3) is 0 Å². The van der Waals surface area contributed by atoms with E-state index in [1.165, 1.54) is 6.07 Å². The fraction of sp³-hybridized carbons (Fsp3) is 0.500. The number of nitriles is 1. The standard InChI is InChI=1S/C14H18FN3O2S/c1-21(19,20)17-13-3-2-6-18(10-13)9-12-5-4-11(8-16)7-14(12)15/h4-5,7,13,17H,2-3,6,9-10H2,1H3. The second-order valence-electron chi connectivity index (χ2n) is 5.38. The van der Waals surface area contributed by atoms with Gasteiger partial charge in [-0.25, -0.2) is 17.5 Å². The summed E-state index contributed by atoms with van der Waals surface area (Å²) in [6.45, 7) is 1.79. The van der Waals surface area contributed by atoms with Crippen LogP contribution in [0.25, 0.3) is 0 Å². The van der Waals surface area contributed by atoms with Gasteiger partial charge in [0.05, 0.1) is 17.9 Å². The summed E-state index contributed by atoms with van der Waals surface area (Å²) >= 11 is 0. The van der Waals surface area contributed by atoms with E-state index in [9.17, 15) is 12.8 Å². The molecule has 0 radical (unpaired) electrons. The molecule has 1 atom stereocenters. The third-order valence-corrected chi connectivity index (χ3v) is 4.22. The van der Waals surface area contributed by atoms with Crippen LogP contribution in [0.15, 0.2) is 18.2 Å². The molecular weight excluding hydrogens is 293 g/mol. The van der Waals surface area contributed by atoms with E-state index in [-0.39, 0.29) is 6.04 Å². The van der Waals surface area contributed by atoms with Gasteiger partial charge in [-0.2, -0.15) is 5.26 Å². The van der Waals surface area contributed by atoms with Crippen LogP contribution in [-0.4, -0.2) is 38.7 Å². The Kier molecular flexibility index (Phi) is 4.93. The predicted octanol–water partition coefficient (Wildman–Crippen LogP) is 1.21. The summed E-state index contributed by atoms with van der Waals surface area (Å²) in [6.07, 6.45) is 2.80. The summed E-state index contributed by atoms with van der Waals surface area (Å²) in [4.78, 5) is 2.02. The molecule has 0 aromatic heterocycles. The molecule has 1 heterocycles. The van der Waals surface area contributed by atoms with Crippen LogP contribution in [0.1, 0.15) is 24.0 Å². The molecule has 0 aliphatic carbocycles. The van der Waals surface area contributed by atoms with Crippen molar-refractivity contribution in [3.63, 3.8) is 0 Å². The Morgan fingerprint density at radius 1 is 1.52 bits per heavy atom. The van der Waals surface area contributed by atoms with Gasteiger partial charge in [-0.3, -0.25) is 4.90 Å². The van der Waals surface area contributed by atoms with Crippen molar-refractivity contribution in [2.75, 3.05) is 19.3 Å². The average Bonchev–Trinajstić information content (AvgIpc) is 2.39. The highest BCUT2D eigenvalue weighted by molar-refractivity contribution is 7.88. The Hall–Kier alpha value is -1.49. The van der Waals surface area contributed by atoms with E-state index < -0.39 is 15.8 Å². The summed E-state index contributed by atoms with van der Waals surface area (Å²) < 4.78 is 39.0. The molecule has 1 aromatic rings. The molecule has 0 saturated carbocycles. The first-order chi connectivity index (χ1) is 9.87. The van der Waals surface area contributed by atoms with E-state index in [0.29, 0.717) is 24.2 Å². The zero-order chi connectivity index (χ0) is 15.5. The SMILES string of the molecule is CS(=O)(=O)NC1CCCN(Cc2ccc(C#N)cc2F)C1. The highest BCUT2D eigenvalue weighted by Crippen LogP contribution is 2.17. The smallest absolute Gasteiger partial charge is 0.208 e. The number of halogens is 1. The maximum absolute atomic E-state index is 13.9. The van der Waals surface area contributed by atoms with Gasteiger partial charge >= 0.3 is 0 Å². The van der Waals surface area contributed by atoms with Crippen molar-refractivity contribution in [3.05, 3.63) is 35.1 Å². The number of likely N-dealkylation sites (tertiary alicyclic amines) is 1. The van der Waals surface area contributed by atoms with Crippen molar-refractivity contribution in [2.45, 2.75) is 25.4 Å². The Labute approximate surface area is 124 Å². The number of nitrogens with one attached hydrogen (secondary N) is 1. The molecule has 7 heteroatoms. The minimum atomic E-state index is -3.22. The number of sulfonamides is 1. The number of piperidine rings is 1. The summed E-state index contributed by atoms with van der Waals surface area (Å²) in [6, 6.07) is 6.20. The van der Waals surface area contributed by atoms with Gasteiger partial charge in [0.2, 0.25) is 10.0 Å². The van der Waals surface area contributed by atoms with E-state index in [2.05, 4.69) is 4.72 Å². The van der Waals surface area contributed by atoms with E-state index in [1.54, 1.807) is 12.1 Å². The van der Waals surface area contributed by atoms with Crippen molar-refractivity contribution in [2.24, 2.45) is 0 Å². The van der Waals surface area contributed by atoms with Gasteiger partial charge in [0.15, 0.2) is 0 Å². The second kappa shape index (κ2) is 6.52. The van der Waals surface area contributed by atoms with Crippen LogP contribution in [0.5, 0.6) is 0 Å². The molecule has 1 aliphatic rings. The van der Waals surface area contributed by atoms with Crippen molar-refractivity contribution in [1.82, 2.24) is 9.62 Å². The van der Waals surface area contributed by atoms with E-state index in [1.807, 2.05) is 11.0 Å². The van der Waals surface area contributed by atoms with Crippen LogP contribution >= 0.6 is 0 Å². The van der Waals surface area contributed by atoms with Gasteiger partial charge < -0.3 is 0 Å². The highest BCUT2D eigenvalue weighted by atomic mass is 32.2.